The number of halogens is 2. The smallest absolute Gasteiger partial charge is 0.302 e. The van der Waals surface area contributed by atoms with Crippen molar-refractivity contribution >= 4 is 27.8 Å². The molecule has 33 heavy (non-hydrogen) atoms. The van der Waals surface area contributed by atoms with E-state index >= 15 is 0 Å². The van der Waals surface area contributed by atoms with Crippen molar-refractivity contribution < 1.29 is 21.9 Å². The van der Waals surface area contributed by atoms with Crippen molar-refractivity contribution in [2.24, 2.45) is 0 Å². The first-order valence-corrected chi connectivity index (χ1v) is 13.3. The lowest BCUT2D eigenvalue weighted by Crippen LogP contribution is -2.47. The van der Waals surface area contributed by atoms with Crippen LogP contribution in [0.2, 0.25) is 0 Å². The van der Waals surface area contributed by atoms with E-state index in [0.29, 0.717) is 19.1 Å². The van der Waals surface area contributed by atoms with Crippen LogP contribution in [0.1, 0.15) is 31.2 Å². The molecule has 0 aliphatic carbocycles. The lowest BCUT2D eigenvalue weighted by molar-refractivity contribution is 0.168. The maximum atomic E-state index is 13.9. The standard InChI is InChI=1S/C21H27F2N5O3S2/c1-31-19-13-18(24-21(25-19)32-14-15-5-4-6-17(22)20(15)23)26-33(29,30)28-11-7-16(8-12-28)27-9-2-3-10-27/h4-6,13,16H,2-3,7-12,14H2,1H3,(H,24,25,26). The van der Waals surface area contributed by atoms with Crippen molar-refractivity contribution in [3.8, 4) is 5.88 Å². The number of benzene rings is 1. The second kappa shape index (κ2) is 10.5. The third-order valence-electron chi connectivity index (χ3n) is 5.93. The number of hydrogen-bond acceptors (Lipinski definition) is 7. The van der Waals surface area contributed by atoms with E-state index in [-0.39, 0.29) is 28.2 Å². The first-order chi connectivity index (χ1) is 15.9. The van der Waals surface area contributed by atoms with Crippen LogP contribution in [0.25, 0.3) is 0 Å². The van der Waals surface area contributed by atoms with Gasteiger partial charge >= 0.3 is 10.2 Å². The highest BCUT2D eigenvalue weighted by Gasteiger charge is 2.32. The van der Waals surface area contributed by atoms with E-state index in [1.807, 2.05) is 0 Å². The van der Waals surface area contributed by atoms with Gasteiger partial charge in [0.25, 0.3) is 0 Å². The Bertz CT molecular complexity index is 1080. The van der Waals surface area contributed by atoms with Gasteiger partial charge < -0.3 is 9.64 Å². The summed E-state index contributed by atoms with van der Waals surface area (Å²) in [7, 11) is -2.40. The molecule has 0 radical (unpaired) electrons. The lowest BCUT2D eigenvalue weighted by atomic mass is 10.1. The van der Waals surface area contributed by atoms with E-state index in [9.17, 15) is 17.2 Å². The van der Waals surface area contributed by atoms with Crippen LogP contribution in [-0.4, -0.2) is 66.9 Å². The molecule has 0 unspecified atom stereocenters. The molecule has 0 saturated carbocycles. The summed E-state index contributed by atoms with van der Waals surface area (Å²) in [6.07, 6.45) is 4.02. The molecule has 2 aliphatic heterocycles. The second-order valence-corrected chi connectivity index (χ2v) is 10.7. The zero-order valence-corrected chi connectivity index (χ0v) is 20.0. The molecule has 2 aliphatic rings. The Morgan fingerprint density at radius 2 is 1.88 bits per heavy atom. The number of hydrogen-bond donors (Lipinski definition) is 1. The summed E-state index contributed by atoms with van der Waals surface area (Å²) in [5.41, 5.74) is 0.162. The van der Waals surface area contributed by atoms with Crippen LogP contribution in [0.15, 0.2) is 29.4 Å². The molecule has 2 fully saturated rings. The first kappa shape index (κ1) is 24.1. The van der Waals surface area contributed by atoms with Gasteiger partial charge in [-0.2, -0.15) is 17.7 Å². The zero-order valence-electron chi connectivity index (χ0n) is 18.3. The molecular formula is C21H27F2N5O3S2. The minimum atomic E-state index is -3.80. The van der Waals surface area contributed by atoms with Gasteiger partial charge in [-0.15, -0.1) is 0 Å². The van der Waals surface area contributed by atoms with Gasteiger partial charge in [0.1, 0.15) is 5.82 Å². The van der Waals surface area contributed by atoms with E-state index in [1.54, 1.807) is 0 Å². The average Bonchev–Trinajstić information content (AvgIpc) is 3.35. The molecule has 8 nitrogen and oxygen atoms in total. The zero-order chi connectivity index (χ0) is 23.4. The molecule has 4 rings (SSSR count). The quantitative estimate of drug-likeness (QED) is 0.441. The van der Waals surface area contributed by atoms with Gasteiger partial charge in [0.2, 0.25) is 5.88 Å². The molecule has 0 bridgehead atoms. The van der Waals surface area contributed by atoms with Crippen molar-refractivity contribution in [3.63, 3.8) is 0 Å². The number of likely N-dealkylation sites (tertiary alicyclic amines) is 1. The van der Waals surface area contributed by atoms with Crippen molar-refractivity contribution in [2.45, 2.75) is 42.6 Å². The summed E-state index contributed by atoms with van der Waals surface area (Å²) < 4.78 is 62.4. The maximum absolute atomic E-state index is 13.9. The summed E-state index contributed by atoms with van der Waals surface area (Å²) in [6, 6.07) is 5.77. The highest BCUT2D eigenvalue weighted by Crippen LogP contribution is 2.27. The molecule has 3 heterocycles. The number of piperidine rings is 1. The average molecular weight is 500 g/mol. The summed E-state index contributed by atoms with van der Waals surface area (Å²) in [6.45, 7) is 3.07. The summed E-state index contributed by atoms with van der Waals surface area (Å²) in [5.74, 6) is -1.55. The fraction of sp³-hybridized carbons (Fsp3) is 0.524. The monoisotopic (exact) mass is 499 g/mol. The van der Waals surface area contributed by atoms with Crippen LogP contribution < -0.4 is 9.46 Å². The van der Waals surface area contributed by atoms with Crippen LogP contribution in [0.4, 0.5) is 14.6 Å². The predicted octanol–water partition coefficient (Wildman–Crippen LogP) is 3.27. The van der Waals surface area contributed by atoms with Crippen LogP contribution in [-0.2, 0) is 16.0 Å². The van der Waals surface area contributed by atoms with E-state index in [4.69, 9.17) is 4.74 Å². The van der Waals surface area contributed by atoms with Crippen LogP contribution in [0.5, 0.6) is 5.88 Å². The Kier molecular flexibility index (Phi) is 7.67. The molecular weight excluding hydrogens is 472 g/mol. The highest BCUT2D eigenvalue weighted by atomic mass is 32.2. The number of methoxy groups -OCH3 is 1. The maximum Gasteiger partial charge on any atom is 0.302 e. The topological polar surface area (TPSA) is 87.7 Å². The van der Waals surface area contributed by atoms with Gasteiger partial charge in [-0.3, -0.25) is 4.72 Å². The number of nitrogens with zero attached hydrogens (tertiary/aromatic N) is 4. The van der Waals surface area contributed by atoms with Crippen LogP contribution >= 0.6 is 11.8 Å². The van der Waals surface area contributed by atoms with Crippen LogP contribution in [0.3, 0.4) is 0 Å². The van der Waals surface area contributed by atoms with Gasteiger partial charge in [-0.25, -0.2) is 13.8 Å². The number of aromatic nitrogens is 2. The molecule has 2 aromatic rings. The minimum Gasteiger partial charge on any atom is -0.481 e. The Balaban J connectivity index is 1.42. The second-order valence-electron chi connectivity index (χ2n) is 8.06. The molecule has 1 aromatic carbocycles. The molecule has 2 saturated heterocycles. The van der Waals surface area contributed by atoms with E-state index in [0.717, 1.165) is 43.8 Å². The fourth-order valence-electron chi connectivity index (χ4n) is 4.18. The van der Waals surface area contributed by atoms with Gasteiger partial charge in [-0.05, 0) is 44.8 Å². The van der Waals surface area contributed by atoms with Crippen molar-refractivity contribution in [1.82, 2.24) is 19.2 Å². The SMILES string of the molecule is COc1cc(NS(=O)(=O)N2CCC(N3CCCC3)CC2)nc(SCc2cccc(F)c2F)n1. The van der Waals surface area contributed by atoms with Crippen molar-refractivity contribution in [3.05, 3.63) is 41.5 Å². The molecule has 12 heteroatoms. The van der Waals surface area contributed by atoms with Gasteiger partial charge in [0, 0.05) is 36.5 Å². The van der Waals surface area contributed by atoms with Gasteiger partial charge in [0.15, 0.2) is 16.8 Å². The molecule has 1 aromatic heterocycles. The summed E-state index contributed by atoms with van der Waals surface area (Å²) in [4.78, 5) is 10.9. The number of ether oxygens (including phenoxy) is 1. The third kappa shape index (κ3) is 5.92. The molecule has 0 atom stereocenters. The number of nitrogens with one attached hydrogen (secondary N) is 1. The van der Waals surface area contributed by atoms with E-state index < -0.39 is 21.8 Å². The predicted molar refractivity (Wildman–Crippen MR) is 122 cm³/mol. The summed E-state index contributed by atoms with van der Waals surface area (Å²) in [5, 5.41) is 0.184. The van der Waals surface area contributed by atoms with E-state index in [1.165, 1.54) is 42.5 Å². The molecule has 180 valence electrons. The Morgan fingerprint density at radius 1 is 1.15 bits per heavy atom. The molecule has 1 N–H and O–H groups in total. The Hall–Kier alpha value is -2.02. The van der Waals surface area contributed by atoms with Crippen molar-refractivity contribution in [2.75, 3.05) is 38.0 Å². The van der Waals surface area contributed by atoms with Crippen LogP contribution in [0, 0.1) is 11.6 Å². The largest absolute Gasteiger partial charge is 0.481 e. The molecule has 0 amide bonds. The normalized spacial score (nSPS) is 18.5. The minimum absolute atomic E-state index is 0.0609. The third-order valence-corrected chi connectivity index (χ3v) is 8.34. The van der Waals surface area contributed by atoms with Gasteiger partial charge in [0.05, 0.1) is 7.11 Å². The fourth-order valence-corrected chi connectivity index (χ4v) is 6.19. The highest BCUT2D eigenvalue weighted by molar-refractivity contribution is 7.98. The summed E-state index contributed by atoms with van der Waals surface area (Å²) >= 11 is 1.05. The van der Waals surface area contributed by atoms with Gasteiger partial charge in [-0.1, -0.05) is 23.9 Å². The number of anilines is 1. The number of rotatable bonds is 8. The van der Waals surface area contributed by atoms with E-state index in [2.05, 4.69) is 19.6 Å². The lowest BCUT2D eigenvalue weighted by Gasteiger charge is -2.35. The molecule has 0 spiro atoms. The first-order valence-electron chi connectivity index (χ1n) is 10.9. The van der Waals surface area contributed by atoms with Crippen molar-refractivity contribution in [1.29, 1.82) is 0 Å². The number of thioether (sulfide) groups is 1. The Labute approximate surface area is 196 Å². The Morgan fingerprint density at radius 3 is 2.58 bits per heavy atom.